The molecule has 0 N–H and O–H groups in total. The number of benzene rings is 7. The van der Waals surface area contributed by atoms with E-state index in [2.05, 4.69) is 47.0 Å². The zero-order valence-electron chi connectivity index (χ0n) is 27.2. The van der Waals surface area contributed by atoms with Crippen molar-refractivity contribution in [3.63, 3.8) is 0 Å². The highest BCUT2D eigenvalue weighted by molar-refractivity contribution is 6.11. The van der Waals surface area contributed by atoms with Crippen LogP contribution in [0.3, 0.4) is 0 Å². The number of fused-ring (bicyclic) bond motifs is 3. The highest BCUT2D eigenvalue weighted by atomic mass is 19.1. The van der Waals surface area contributed by atoms with E-state index < -0.39 is 11.6 Å². The lowest BCUT2D eigenvalue weighted by Gasteiger charge is -2.17. The molecule has 2 heterocycles. The number of halogens is 2. The lowest BCUT2D eigenvalue weighted by Crippen LogP contribution is -2.02. The first kappa shape index (κ1) is 30.3. The third kappa shape index (κ3) is 5.63. The van der Waals surface area contributed by atoms with Crippen molar-refractivity contribution >= 4 is 21.8 Å². The average Bonchev–Trinajstić information content (AvgIpc) is 3.52. The molecule has 7 aromatic carbocycles. The van der Waals surface area contributed by atoms with Crippen LogP contribution in [0.15, 0.2) is 170 Å². The first-order chi connectivity index (χ1) is 25.1. The summed E-state index contributed by atoms with van der Waals surface area (Å²) in [5.41, 5.74) is 8.40. The Balaban J connectivity index is 1.32. The molecule has 0 unspecified atom stereocenters. The van der Waals surface area contributed by atoms with Crippen molar-refractivity contribution in [3.05, 3.63) is 181 Å². The summed E-state index contributed by atoms with van der Waals surface area (Å²) in [5, 5.41) is 2.12. The Morgan fingerprint density at radius 2 is 0.863 bits per heavy atom. The van der Waals surface area contributed by atoms with E-state index in [1.165, 1.54) is 12.1 Å². The van der Waals surface area contributed by atoms with Crippen molar-refractivity contribution in [2.24, 2.45) is 0 Å². The van der Waals surface area contributed by atoms with Gasteiger partial charge in [-0.15, -0.1) is 0 Å². The molecule has 0 amide bonds. The maximum absolute atomic E-state index is 14.8. The van der Waals surface area contributed by atoms with Crippen molar-refractivity contribution < 1.29 is 8.78 Å². The SMILES string of the molecule is Fc1cc(F)cc(-c2ccc(-c3nc(-c4ccccc4)nc(-c4ccccc4)n3)cc2-n2c3ccccc3c3cc(-c4ccccc4)ccc32)c1. The Bertz CT molecular complexity index is 2630. The van der Waals surface area contributed by atoms with Gasteiger partial charge in [-0.25, -0.2) is 23.7 Å². The Kier molecular flexibility index (Phi) is 7.47. The minimum Gasteiger partial charge on any atom is -0.309 e. The van der Waals surface area contributed by atoms with E-state index in [0.29, 0.717) is 28.6 Å². The van der Waals surface area contributed by atoms with Crippen molar-refractivity contribution in [1.82, 2.24) is 19.5 Å². The van der Waals surface area contributed by atoms with Crippen LogP contribution < -0.4 is 0 Å². The molecule has 4 nitrogen and oxygen atoms in total. The van der Waals surface area contributed by atoms with Crippen molar-refractivity contribution in [1.29, 1.82) is 0 Å². The molecule has 51 heavy (non-hydrogen) atoms. The van der Waals surface area contributed by atoms with Crippen LogP contribution in [-0.4, -0.2) is 19.5 Å². The molecule has 0 radical (unpaired) electrons. The summed E-state index contributed by atoms with van der Waals surface area (Å²) in [4.78, 5) is 14.8. The molecule has 9 aromatic rings. The standard InChI is InChI=1S/C45H28F2N4/c46-35-24-34(25-36(47)28-35)37-22-20-33(45-49-43(30-14-6-2-7-15-30)48-44(50-45)31-16-8-3-9-17-31)27-42(37)51-40-19-11-10-18-38(40)39-26-32(21-23-41(39)51)29-12-4-1-5-13-29/h1-28H. The van der Waals surface area contributed by atoms with E-state index in [1.807, 2.05) is 109 Å². The highest BCUT2D eigenvalue weighted by Crippen LogP contribution is 2.40. The molecule has 2 aromatic heterocycles. The number of aromatic nitrogens is 4. The summed E-state index contributed by atoms with van der Waals surface area (Å²) >= 11 is 0. The van der Waals surface area contributed by atoms with Gasteiger partial charge in [0.2, 0.25) is 0 Å². The minimum absolute atomic E-state index is 0.423. The van der Waals surface area contributed by atoms with Gasteiger partial charge in [0.25, 0.3) is 0 Å². The molecule has 0 atom stereocenters. The van der Waals surface area contributed by atoms with E-state index in [4.69, 9.17) is 15.0 Å². The van der Waals surface area contributed by atoms with Crippen LogP contribution in [0.1, 0.15) is 0 Å². The summed E-state index contributed by atoms with van der Waals surface area (Å²) in [6, 6.07) is 54.0. The predicted molar refractivity (Wildman–Crippen MR) is 201 cm³/mol. The van der Waals surface area contributed by atoms with Gasteiger partial charge in [0.05, 0.1) is 16.7 Å². The molecule has 6 heteroatoms. The van der Waals surface area contributed by atoms with Gasteiger partial charge in [-0.05, 0) is 53.1 Å². The number of rotatable bonds is 6. The fraction of sp³-hybridized carbons (Fsp3) is 0. The molecule has 0 aliphatic heterocycles. The van der Waals surface area contributed by atoms with Crippen LogP contribution >= 0.6 is 0 Å². The van der Waals surface area contributed by atoms with Gasteiger partial charge in [-0.3, -0.25) is 0 Å². The summed E-state index contributed by atoms with van der Waals surface area (Å²) < 4.78 is 31.7. The number of nitrogens with zero attached hydrogens (tertiary/aromatic N) is 4. The van der Waals surface area contributed by atoms with Crippen LogP contribution in [-0.2, 0) is 0 Å². The van der Waals surface area contributed by atoms with Gasteiger partial charge in [0.1, 0.15) is 11.6 Å². The third-order valence-electron chi connectivity index (χ3n) is 9.15. The number of para-hydroxylation sites is 1. The third-order valence-corrected chi connectivity index (χ3v) is 9.15. The Morgan fingerprint density at radius 3 is 1.49 bits per heavy atom. The van der Waals surface area contributed by atoms with Crippen LogP contribution in [0.2, 0.25) is 0 Å². The van der Waals surface area contributed by atoms with Crippen LogP contribution in [0.4, 0.5) is 8.78 Å². The smallest absolute Gasteiger partial charge is 0.164 e. The van der Waals surface area contributed by atoms with Crippen LogP contribution in [0.25, 0.3) is 83.9 Å². The summed E-state index contributed by atoms with van der Waals surface area (Å²) in [6.45, 7) is 0. The fourth-order valence-corrected chi connectivity index (χ4v) is 6.79. The van der Waals surface area contributed by atoms with Gasteiger partial charge < -0.3 is 4.57 Å². The largest absolute Gasteiger partial charge is 0.309 e. The summed E-state index contributed by atoms with van der Waals surface area (Å²) in [5.74, 6) is 0.276. The summed E-state index contributed by atoms with van der Waals surface area (Å²) in [6.07, 6.45) is 0. The monoisotopic (exact) mass is 662 g/mol. The highest BCUT2D eigenvalue weighted by Gasteiger charge is 2.20. The van der Waals surface area contributed by atoms with Gasteiger partial charge in [-0.1, -0.05) is 127 Å². The first-order valence-corrected chi connectivity index (χ1v) is 16.7. The molecule has 9 rings (SSSR count). The van der Waals surface area contributed by atoms with E-state index in [0.717, 1.165) is 61.4 Å². The van der Waals surface area contributed by atoms with Crippen molar-refractivity contribution in [2.45, 2.75) is 0 Å². The fourth-order valence-electron chi connectivity index (χ4n) is 6.79. The van der Waals surface area contributed by atoms with Crippen molar-refractivity contribution in [2.75, 3.05) is 0 Å². The van der Waals surface area contributed by atoms with Crippen LogP contribution in [0.5, 0.6) is 0 Å². The Hall–Kier alpha value is -6.79. The van der Waals surface area contributed by atoms with E-state index in [9.17, 15) is 8.78 Å². The minimum atomic E-state index is -0.646. The maximum Gasteiger partial charge on any atom is 0.164 e. The normalized spacial score (nSPS) is 11.3. The Morgan fingerprint density at radius 1 is 0.353 bits per heavy atom. The summed E-state index contributed by atoms with van der Waals surface area (Å²) in [7, 11) is 0. The molecule has 242 valence electrons. The van der Waals surface area contributed by atoms with Gasteiger partial charge in [-0.2, -0.15) is 0 Å². The van der Waals surface area contributed by atoms with E-state index >= 15 is 0 Å². The average molecular weight is 663 g/mol. The quantitative estimate of drug-likeness (QED) is 0.178. The molecule has 0 aliphatic rings. The molecular formula is C45H28F2N4. The van der Waals surface area contributed by atoms with Gasteiger partial charge in [0.15, 0.2) is 17.5 Å². The second-order valence-electron chi connectivity index (χ2n) is 12.4. The van der Waals surface area contributed by atoms with E-state index in [-0.39, 0.29) is 0 Å². The second-order valence-corrected chi connectivity index (χ2v) is 12.4. The van der Waals surface area contributed by atoms with E-state index in [1.54, 1.807) is 0 Å². The molecule has 0 saturated carbocycles. The number of hydrogen-bond donors (Lipinski definition) is 0. The van der Waals surface area contributed by atoms with Gasteiger partial charge in [0, 0.05) is 39.1 Å². The maximum atomic E-state index is 14.8. The Labute approximate surface area is 293 Å². The molecule has 0 aliphatic carbocycles. The zero-order valence-corrected chi connectivity index (χ0v) is 27.2. The number of hydrogen-bond acceptors (Lipinski definition) is 3. The van der Waals surface area contributed by atoms with Crippen LogP contribution in [0, 0.1) is 11.6 Å². The zero-order chi connectivity index (χ0) is 34.3. The molecule has 0 spiro atoms. The lowest BCUT2D eigenvalue weighted by molar-refractivity contribution is 0.584. The predicted octanol–water partition coefficient (Wildman–Crippen LogP) is 11.6. The van der Waals surface area contributed by atoms with Crippen molar-refractivity contribution in [3.8, 4) is 62.1 Å². The molecular weight excluding hydrogens is 635 g/mol. The lowest BCUT2D eigenvalue weighted by atomic mass is 10.00. The molecule has 0 bridgehead atoms. The van der Waals surface area contributed by atoms with Gasteiger partial charge >= 0.3 is 0 Å². The topological polar surface area (TPSA) is 43.6 Å². The molecule has 0 fully saturated rings. The second kappa shape index (κ2) is 12.6. The molecule has 0 saturated heterocycles. The first-order valence-electron chi connectivity index (χ1n) is 16.7.